The Balaban J connectivity index is 1.96. The van der Waals surface area contributed by atoms with Crippen LogP contribution in [0.5, 0.6) is 0 Å². The van der Waals surface area contributed by atoms with Crippen molar-refractivity contribution in [3.8, 4) is 0 Å². The smallest absolute Gasteiger partial charge is 0.271 e. The minimum atomic E-state index is -0.0387. The predicted octanol–water partition coefficient (Wildman–Crippen LogP) is 2.79. The first-order valence-corrected chi connectivity index (χ1v) is 7.86. The van der Waals surface area contributed by atoms with Gasteiger partial charge in [0.15, 0.2) is 0 Å². The van der Waals surface area contributed by atoms with Gasteiger partial charge in [0.2, 0.25) is 5.95 Å². The van der Waals surface area contributed by atoms with Crippen LogP contribution in [0.1, 0.15) is 62.9 Å². The number of aryl methyl sites for hydroxylation is 1. The van der Waals surface area contributed by atoms with Crippen LogP contribution in [0.3, 0.4) is 0 Å². The van der Waals surface area contributed by atoms with Gasteiger partial charge in [0, 0.05) is 25.3 Å². The van der Waals surface area contributed by atoms with Crippen LogP contribution in [-0.2, 0) is 6.54 Å². The highest BCUT2D eigenvalue weighted by atomic mass is 16.2. The molecule has 1 unspecified atom stereocenters. The molecule has 0 saturated heterocycles. The number of unbranched alkanes of at least 4 members (excludes halogenated alkanes) is 1. The lowest BCUT2D eigenvalue weighted by Crippen LogP contribution is -2.35. The first-order valence-electron chi connectivity index (χ1n) is 7.86. The predicted molar refractivity (Wildman–Crippen MR) is 81.0 cm³/mol. The molecule has 2 rings (SSSR count). The number of rotatable bonds is 7. The van der Waals surface area contributed by atoms with Gasteiger partial charge in [0.1, 0.15) is 5.69 Å². The third kappa shape index (κ3) is 3.74. The summed E-state index contributed by atoms with van der Waals surface area (Å²) < 4.78 is 2.03. The molecule has 2 N–H and O–H groups in total. The molecule has 1 atom stereocenters. The first kappa shape index (κ1) is 14.9. The number of carbonyl (C=O) groups excluding carboxylic acids is 1. The van der Waals surface area contributed by atoms with Crippen molar-refractivity contribution in [1.29, 1.82) is 0 Å². The van der Waals surface area contributed by atoms with E-state index < -0.39 is 0 Å². The Hall–Kier alpha value is -1.52. The number of imidazole rings is 1. The maximum absolute atomic E-state index is 12.3. The number of nitrogens with zero attached hydrogens (tertiary/aromatic N) is 2. The molecule has 1 aliphatic rings. The third-order valence-corrected chi connectivity index (χ3v) is 3.75. The summed E-state index contributed by atoms with van der Waals surface area (Å²) in [7, 11) is 0. The number of anilines is 1. The number of amides is 1. The Labute approximate surface area is 121 Å². The van der Waals surface area contributed by atoms with E-state index in [0.717, 1.165) is 51.1 Å². The molecule has 0 fully saturated rings. The van der Waals surface area contributed by atoms with Gasteiger partial charge in [-0.25, -0.2) is 4.98 Å². The van der Waals surface area contributed by atoms with Gasteiger partial charge in [-0.05, 0) is 19.3 Å². The van der Waals surface area contributed by atoms with Crippen LogP contribution in [0.15, 0.2) is 6.20 Å². The van der Waals surface area contributed by atoms with Gasteiger partial charge < -0.3 is 15.2 Å². The number of hydrogen-bond acceptors (Lipinski definition) is 3. The highest BCUT2D eigenvalue weighted by molar-refractivity contribution is 5.92. The summed E-state index contributed by atoms with van der Waals surface area (Å²) in [5.74, 6) is 0.783. The van der Waals surface area contributed by atoms with Crippen molar-refractivity contribution in [1.82, 2.24) is 14.9 Å². The summed E-state index contributed by atoms with van der Waals surface area (Å²) in [6, 6.07) is 0.277. The summed E-state index contributed by atoms with van der Waals surface area (Å²) in [5.41, 5.74) is 0.534. The van der Waals surface area contributed by atoms with Crippen LogP contribution in [-0.4, -0.2) is 28.0 Å². The Morgan fingerprint density at radius 2 is 2.30 bits per heavy atom. The van der Waals surface area contributed by atoms with Crippen molar-refractivity contribution in [2.24, 2.45) is 0 Å². The van der Waals surface area contributed by atoms with Crippen molar-refractivity contribution >= 4 is 11.9 Å². The number of nitrogens with one attached hydrogen (secondary N) is 2. The Morgan fingerprint density at radius 1 is 1.45 bits per heavy atom. The molecule has 5 heteroatoms. The van der Waals surface area contributed by atoms with E-state index in [1.54, 1.807) is 0 Å². The van der Waals surface area contributed by atoms with E-state index in [0.29, 0.717) is 5.69 Å². The monoisotopic (exact) mass is 278 g/mol. The number of hydrogen-bond donors (Lipinski definition) is 2. The Morgan fingerprint density at radius 3 is 3.00 bits per heavy atom. The molecule has 20 heavy (non-hydrogen) atoms. The molecular formula is C15H26N4O. The molecule has 1 aromatic heterocycles. The van der Waals surface area contributed by atoms with Gasteiger partial charge in [-0.1, -0.05) is 33.1 Å². The SMILES string of the molecule is CCCCC(CCC)NC(=O)c1cn2c(n1)NCCC2. The fourth-order valence-corrected chi connectivity index (χ4v) is 2.63. The van der Waals surface area contributed by atoms with E-state index in [2.05, 4.69) is 29.5 Å². The average Bonchev–Trinajstić information content (AvgIpc) is 2.89. The highest BCUT2D eigenvalue weighted by Gasteiger charge is 2.18. The standard InChI is InChI=1S/C15H26N4O/c1-3-5-8-12(7-4-2)17-14(20)13-11-19-10-6-9-16-15(19)18-13/h11-12H,3-10H2,1-2H3,(H,16,18)(H,17,20). The van der Waals surface area contributed by atoms with Crippen LogP contribution in [0.25, 0.3) is 0 Å². The van der Waals surface area contributed by atoms with Crippen molar-refractivity contribution in [3.05, 3.63) is 11.9 Å². The Bertz CT molecular complexity index is 418. The topological polar surface area (TPSA) is 59.0 Å². The average molecular weight is 278 g/mol. The second-order valence-corrected chi connectivity index (χ2v) is 5.52. The first-order chi connectivity index (χ1) is 9.74. The van der Waals surface area contributed by atoms with Crippen molar-refractivity contribution in [3.63, 3.8) is 0 Å². The van der Waals surface area contributed by atoms with Gasteiger partial charge >= 0.3 is 0 Å². The van der Waals surface area contributed by atoms with E-state index in [-0.39, 0.29) is 11.9 Å². The number of carbonyl (C=O) groups is 1. The fraction of sp³-hybridized carbons (Fsp3) is 0.733. The number of aromatic nitrogens is 2. The summed E-state index contributed by atoms with van der Waals surface area (Å²) in [5, 5.41) is 6.36. The molecule has 112 valence electrons. The summed E-state index contributed by atoms with van der Waals surface area (Å²) in [4.78, 5) is 16.7. The molecule has 0 bridgehead atoms. The van der Waals surface area contributed by atoms with E-state index >= 15 is 0 Å². The number of fused-ring (bicyclic) bond motifs is 1. The second-order valence-electron chi connectivity index (χ2n) is 5.52. The van der Waals surface area contributed by atoms with Gasteiger partial charge in [-0.2, -0.15) is 0 Å². The van der Waals surface area contributed by atoms with Crippen molar-refractivity contribution in [2.45, 2.75) is 65.0 Å². The molecule has 0 saturated carbocycles. The van der Waals surface area contributed by atoms with Gasteiger partial charge in [-0.3, -0.25) is 4.79 Å². The lowest BCUT2D eigenvalue weighted by Gasteiger charge is -2.16. The maximum atomic E-state index is 12.3. The maximum Gasteiger partial charge on any atom is 0.271 e. The van der Waals surface area contributed by atoms with Crippen LogP contribution in [0.2, 0.25) is 0 Å². The normalized spacial score (nSPS) is 15.3. The van der Waals surface area contributed by atoms with Crippen LogP contribution < -0.4 is 10.6 Å². The lowest BCUT2D eigenvalue weighted by atomic mass is 10.1. The van der Waals surface area contributed by atoms with Gasteiger partial charge in [0.05, 0.1) is 0 Å². The van der Waals surface area contributed by atoms with Crippen LogP contribution >= 0.6 is 0 Å². The molecule has 1 amide bonds. The second kappa shape index (κ2) is 7.31. The molecule has 1 aliphatic heterocycles. The van der Waals surface area contributed by atoms with E-state index in [4.69, 9.17) is 0 Å². The molecule has 1 aromatic rings. The molecule has 0 radical (unpaired) electrons. The van der Waals surface area contributed by atoms with E-state index in [1.165, 1.54) is 6.42 Å². The molecule has 0 spiro atoms. The Kier molecular flexibility index (Phi) is 5.44. The minimum absolute atomic E-state index is 0.0387. The fourth-order valence-electron chi connectivity index (χ4n) is 2.63. The van der Waals surface area contributed by atoms with E-state index in [9.17, 15) is 4.79 Å². The summed E-state index contributed by atoms with van der Waals surface area (Å²) >= 11 is 0. The van der Waals surface area contributed by atoms with Gasteiger partial charge in [0.25, 0.3) is 5.91 Å². The summed E-state index contributed by atoms with van der Waals surface area (Å²) in [6.45, 7) is 6.22. The van der Waals surface area contributed by atoms with Crippen LogP contribution in [0, 0.1) is 0 Å². The zero-order valence-electron chi connectivity index (χ0n) is 12.6. The largest absolute Gasteiger partial charge is 0.356 e. The third-order valence-electron chi connectivity index (χ3n) is 3.75. The van der Waals surface area contributed by atoms with Crippen molar-refractivity contribution < 1.29 is 4.79 Å². The molecular weight excluding hydrogens is 252 g/mol. The quantitative estimate of drug-likeness (QED) is 0.806. The molecule has 5 nitrogen and oxygen atoms in total. The lowest BCUT2D eigenvalue weighted by molar-refractivity contribution is 0.0927. The van der Waals surface area contributed by atoms with Crippen molar-refractivity contribution in [2.75, 3.05) is 11.9 Å². The van der Waals surface area contributed by atoms with E-state index in [1.807, 2.05) is 10.8 Å². The zero-order chi connectivity index (χ0) is 14.4. The zero-order valence-corrected chi connectivity index (χ0v) is 12.6. The van der Waals surface area contributed by atoms with Gasteiger partial charge in [-0.15, -0.1) is 0 Å². The molecule has 0 aromatic carbocycles. The van der Waals surface area contributed by atoms with Crippen LogP contribution in [0.4, 0.5) is 5.95 Å². The minimum Gasteiger partial charge on any atom is -0.356 e. The highest BCUT2D eigenvalue weighted by Crippen LogP contribution is 2.15. The molecule has 0 aliphatic carbocycles. The molecule has 2 heterocycles. The summed E-state index contributed by atoms with van der Waals surface area (Å²) in [6.07, 6.45) is 8.46.